The third kappa shape index (κ3) is 5.20. The molecule has 0 aliphatic heterocycles. The van der Waals surface area contributed by atoms with E-state index in [1.54, 1.807) is 0 Å². The number of amides is 1. The van der Waals surface area contributed by atoms with E-state index in [1.165, 1.54) is 6.07 Å². The highest BCUT2D eigenvalue weighted by Gasteiger charge is 2.19. The number of carbonyl (C=O) groups excluding carboxylic acids is 1. The average molecular weight is 316 g/mol. The minimum atomic E-state index is -0.677. The molecule has 0 fully saturated rings. The number of anilines is 1. The van der Waals surface area contributed by atoms with E-state index in [0.29, 0.717) is 25.7 Å². The summed E-state index contributed by atoms with van der Waals surface area (Å²) in [6, 6.07) is 2.40. The third-order valence-electron chi connectivity index (χ3n) is 2.55. The van der Waals surface area contributed by atoms with Gasteiger partial charge in [-0.05, 0) is 12.0 Å². The van der Waals surface area contributed by atoms with Crippen molar-refractivity contribution in [3.8, 4) is 0 Å². The molecule has 0 aliphatic carbocycles. The summed E-state index contributed by atoms with van der Waals surface area (Å²) >= 11 is 5.79. The highest BCUT2D eigenvalue weighted by Crippen LogP contribution is 2.30. The van der Waals surface area contributed by atoms with Crippen LogP contribution in [-0.2, 0) is 4.74 Å². The van der Waals surface area contributed by atoms with Gasteiger partial charge in [-0.1, -0.05) is 25.4 Å². The van der Waals surface area contributed by atoms with Gasteiger partial charge < -0.3 is 15.8 Å². The molecule has 0 saturated heterocycles. The van der Waals surface area contributed by atoms with Crippen LogP contribution < -0.4 is 11.1 Å². The zero-order valence-electron chi connectivity index (χ0n) is 11.9. The fourth-order valence-corrected chi connectivity index (χ4v) is 1.76. The molecule has 1 aromatic rings. The number of nitro groups is 1. The summed E-state index contributed by atoms with van der Waals surface area (Å²) in [4.78, 5) is 22.0. The molecule has 1 aromatic carbocycles. The van der Waals surface area contributed by atoms with Crippen molar-refractivity contribution in [1.82, 2.24) is 5.32 Å². The van der Waals surface area contributed by atoms with Crippen LogP contribution in [0, 0.1) is 16.0 Å². The van der Waals surface area contributed by atoms with Crippen LogP contribution in [0.25, 0.3) is 0 Å². The summed E-state index contributed by atoms with van der Waals surface area (Å²) in [5, 5.41) is 13.4. The molecule has 0 bridgehead atoms. The number of hydrogen-bond acceptors (Lipinski definition) is 5. The quantitative estimate of drug-likeness (QED) is 0.347. The molecule has 0 atom stereocenters. The van der Waals surface area contributed by atoms with Crippen LogP contribution >= 0.6 is 11.6 Å². The second-order valence-corrected chi connectivity index (χ2v) is 5.28. The van der Waals surface area contributed by atoms with E-state index in [1.807, 2.05) is 13.8 Å². The summed E-state index contributed by atoms with van der Waals surface area (Å²) in [5.41, 5.74) is 5.04. The van der Waals surface area contributed by atoms with Crippen molar-refractivity contribution in [3.05, 3.63) is 32.8 Å². The monoisotopic (exact) mass is 315 g/mol. The first-order valence-electron chi connectivity index (χ1n) is 6.42. The van der Waals surface area contributed by atoms with Gasteiger partial charge in [-0.2, -0.15) is 0 Å². The number of benzene rings is 1. The SMILES string of the molecule is CC(C)COCCNC(=O)c1cc(Cl)c(N)c([N+](=O)[O-])c1. The van der Waals surface area contributed by atoms with Gasteiger partial charge in [0, 0.05) is 24.8 Å². The van der Waals surface area contributed by atoms with Crippen LogP contribution in [0.4, 0.5) is 11.4 Å². The Morgan fingerprint density at radius 1 is 1.52 bits per heavy atom. The van der Waals surface area contributed by atoms with E-state index in [4.69, 9.17) is 22.1 Å². The maximum atomic E-state index is 11.9. The van der Waals surface area contributed by atoms with Gasteiger partial charge >= 0.3 is 0 Å². The highest BCUT2D eigenvalue weighted by molar-refractivity contribution is 6.34. The Morgan fingerprint density at radius 2 is 2.19 bits per heavy atom. The van der Waals surface area contributed by atoms with Gasteiger partial charge in [0.2, 0.25) is 0 Å². The fourth-order valence-electron chi connectivity index (χ4n) is 1.54. The second-order valence-electron chi connectivity index (χ2n) is 4.87. The fraction of sp³-hybridized carbons (Fsp3) is 0.462. The van der Waals surface area contributed by atoms with Gasteiger partial charge in [0.25, 0.3) is 11.6 Å². The number of nitrogen functional groups attached to an aromatic ring is 1. The van der Waals surface area contributed by atoms with Crippen LogP contribution in [0.5, 0.6) is 0 Å². The Hall–Kier alpha value is -1.86. The molecule has 1 amide bonds. The summed E-state index contributed by atoms with van der Waals surface area (Å²) in [7, 11) is 0. The van der Waals surface area contributed by atoms with Crippen molar-refractivity contribution in [1.29, 1.82) is 0 Å². The number of halogens is 1. The number of rotatable bonds is 7. The minimum Gasteiger partial charge on any atom is -0.392 e. The maximum Gasteiger partial charge on any atom is 0.294 e. The average Bonchev–Trinajstić information content (AvgIpc) is 2.40. The van der Waals surface area contributed by atoms with Gasteiger partial charge in [0.1, 0.15) is 5.69 Å². The first-order chi connectivity index (χ1) is 9.82. The van der Waals surface area contributed by atoms with Crippen LogP contribution in [0.2, 0.25) is 5.02 Å². The first kappa shape index (κ1) is 17.2. The largest absolute Gasteiger partial charge is 0.392 e. The van der Waals surface area contributed by atoms with Crippen molar-refractivity contribution >= 4 is 28.9 Å². The molecule has 3 N–H and O–H groups in total. The molecule has 8 heteroatoms. The van der Waals surface area contributed by atoms with Gasteiger partial charge in [0.15, 0.2) is 0 Å². The summed E-state index contributed by atoms with van der Waals surface area (Å²) in [5.74, 6) is -0.0487. The number of ether oxygens (including phenoxy) is 1. The second kappa shape index (κ2) is 7.80. The van der Waals surface area contributed by atoms with E-state index in [2.05, 4.69) is 5.32 Å². The number of hydrogen-bond donors (Lipinski definition) is 2. The molecular formula is C13H18ClN3O4. The van der Waals surface area contributed by atoms with Crippen LogP contribution in [0.1, 0.15) is 24.2 Å². The molecule has 116 valence electrons. The molecule has 0 saturated carbocycles. The lowest BCUT2D eigenvalue weighted by Crippen LogP contribution is -2.27. The molecule has 0 aliphatic rings. The van der Waals surface area contributed by atoms with E-state index in [9.17, 15) is 14.9 Å². The first-order valence-corrected chi connectivity index (χ1v) is 6.80. The summed E-state index contributed by atoms with van der Waals surface area (Å²) < 4.78 is 5.32. The van der Waals surface area contributed by atoms with E-state index >= 15 is 0 Å². The Kier molecular flexibility index (Phi) is 6.39. The van der Waals surface area contributed by atoms with Gasteiger partial charge in [-0.3, -0.25) is 14.9 Å². The van der Waals surface area contributed by atoms with E-state index < -0.39 is 10.8 Å². The number of carbonyl (C=O) groups is 1. The van der Waals surface area contributed by atoms with Gasteiger partial charge in [0.05, 0.1) is 16.6 Å². The molecule has 7 nitrogen and oxygen atoms in total. The normalized spacial score (nSPS) is 10.7. The number of nitrogens with zero attached hydrogens (tertiary/aromatic N) is 1. The van der Waals surface area contributed by atoms with E-state index in [-0.39, 0.29) is 22.0 Å². The lowest BCUT2D eigenvalue weighted by molar-refractivity contribution is -0.383. The Labute approximate surface area is 127 Å². The minimum absolute atomic E-state index is 0.0228. The van der Waals surface area contributed by atoms with Crippen molar-refractivity contribution in [3.63, 3.8) is 0 Å². The molecule has 0 aromatic heterocycles. The Morgan fingerprint density at radius 3 is 2.76 bits per heavy atom. The van der Waals surface area contributed by atoms with Crippen molar-refractivity contribution < 1.29 is 14.5 Å². The topological polar surface area (TPSA) is 107 Å². The highest BCUT2D eigenvalue weighted by atomic mass is 35.5. The predicted molar refractivity (Wildman–Crippen MR) is 80.5 cm³/mol. The Balaban J connectivity index is 2.64. The zero-order chi connectivity index (χ0) is 16.0. The van der Waals surface area contributed by atoms with E-state index in [0.717, 1.165) is 6.07 Å². The molecule has 0 unspecified atom stereocenters. The molecule has 1 rings (SSSR count). The standard InChI is InChI=1S/C13H18ClN3O4/c1-8(2)7-21-4-3-16-13(18)9-5-10(14)12(15)11(6-9)17(19)20/h5-6,8H,3-4,7,15H2,1-2H3,(H,16,18). The third-order valence-corrected chi connectivity index (χ3v) is 2.86. The number of nitro benzene ring substituents is 1. The van der Waals surface area contributed by atoms with Crippen LogP contribution in [0.3, 0.4) is 0 Å². The lowest BCUT2D eigenvalue weighted by atomic mass is 10.1. The Bertz CT molecular complexity index is 534. The lowest BCUT2D eigenvalue weighted by Gasteiger charge is -2.09. The van der Waals surface area contributed by atoms with Gasteiger partial charge in [-0.25, -0.2) is 0 Å². The maximum absolute atomic E-state index is 11.9. The zero-order valence-corrected chi connectivity index (χ0v) is 12.6. The molecule has 0 heterocycles. The van der Waals surface area contributed by atoms with Crippen molar-refractivity contribution in [2.75, 3.05) is 25.5 Å². The van der Waals surface area contributed by atoms with Crippen LogP contribution in [-0.4, -0.2) is 30.6 Å². The number of nitrogens with two attached hydrogens (primary N) is 1. The molecule has 0 spiro atoms. The molecular weight excluding hydrogens is 298 g/mol. The molecule has 0 radical (unpaired) electrons. The number of nitrogens with one attached hydrogen (secondary N) is 1. The predicted octanol–water partition coefficient (Wildman–Crippen LogP) is 2.23. The summed E-state index contributed by atoms with van der Waals surface area (Å²) in [6.45, 7) is 5.33. The van der Waals surface area contributed by atoms with Gasteiger partial charge in [-0.15, -0.1) is 0 Å². The van der Waals surface area contributed by atoms with Crippen molar-refractivity contribution in [2.24, 2.45) is 5.92 Å². The molecule has 21 heavy (non-hydrogen) atoms. The van der Waals surface area contributed by atoms with Crippen LogP contribution in [0.15, 0.2) is 12.1 Å². The smallest absolute Gasteiger partial charge is 0.294 e. The van der Waals surface area contributed by atoms with Crippen molar-refractivity contribution in [2.45, 2.75) is 13.8 Å². The summed E-state index contributed by atoms with van der Waals surface area (Å²) in [6.07, 6.45) is 0.